The van der Waals surface area contributed by atoms with Crippen LogP contribution in [0.5, 0.6) is 0 Å². The summed E-state index contributed by atoms with van der Waals surface area (Å²) in [6.07, 6.45) is 6.04. The molecule has 7 nitrogen and oxygen atoms in total. The molecular weight excluding hydrogens is 509 g/mol. The molecule has 3 aromatic rings. The van der Waals surface area contributed by atoms with E-state index < -0.39 is 23.5 Å². The summed E-state index contributed by atoms with van der Waals surface area (Å²) in [6, 6.07) is 14.3. The van der Waals surface area contributed by atoms with Crippen molar-refractivity contribution >= 4 is 23.9 Å². The first-order valence-electron chi connectivity index (χ1n) is 13.4. The number of rotatable bonds is 6. The fourth-order valence-corrected chi connectivity index (χ4v) is 5.64. The van der Waals surface area contributed by atoms with Crippen LogP contribution in [-0.2, 0) is 34.3 Å². The third kappa shape index (κ3) is 5.40. The van der Waals surface area contributed by atoms with Gasteiger partial charge in [-0.3, -0.25) is 19.5 Å². The SMILES string of the molecule is CCOC(=O)n1c2c(c3c1CC(C(=O)c1ccc(F)cc1)NC3(C)C)C=C(NC(=O)Cc1ccccc1)C=CC2. The van der Waals surface area contributed by atoms with Crippen LogP contribution in [0.4, 0.5) is 9.18 Å². The van der Waals surface area contributed by atoms with E-state index in [1.165, 1.54) is 24.3 Å². The van der Waals surface area contributed by atoms with Crippen molar-refractivity contribution in [3.8, 4) is 0 Å². The molecule has 0 spiro atoms. The Balaban J connectivity index is 1.54. The van der Waals surface area contributed by atoms with Crippen LogP contribution < -0.4 is 10.6 Å². The molecular formula is C32H32FN3O4. The highest BCUT2D eigenvalue weighted by atomic mass is 19.1. The van der Waals surface area contributed by atoms with Gasteiger partial charge in [0.15, 0.2) is 5.78 Å². The van der Waals surface area contributed by atoms with Gasteiger partial charge in [0.1, 0.15) is 5.82 Å². The summed E-state index contributed by atoms with van der Waals surface area (Å²) in [4.78, 5) is 39.6. The maximum atomic E-state index is 13.5. The van der Waals surface area contributed by atoms with E-state index in [2.05, 4.69) is 10.6 Å². The smallest absolute Gasteiger partial charge is 0.418 e. The summed E-state index contributed by atoms with van der Waals surface area (Å²) in [5.74, 6) is -0.747. The first-order chi connectivity index (χ1) is 19.2. The van der Waals surface area contributed by atoms with Crippen LogP contribution in [0.25, 0.3) is 6.08 Å². The van der Waals surface area contributed by atoms with Crippen LogP contribution in [0.3, 0.4) is 0 Å². The number of carbonyl (C=O) groups excluding carboxylic acids is 3. The Bertz CT molecular complexity index is 1520. The molecule has 0 saturated heterocycles. The molecule has 1 aromatic heterocycles. The van der Waals surface area contributed by atoms with E-state index in [-0.39, 0.29) is 31.1 Å². The van der Waals surface area contributed by atoms with E-state index in [4.69, 9.17) is 4.74 Å². The number of nitrogens with one attached hydrogen (secondary N) is 2. The zero-order valence-electron chi connectivity index (χ0n) is 22.8. The lowest BCUT2D eigenvalue weighted by atomic mass is 9.81. The van der Waals surface area contributed by atoms with Crippen molar-refractivity contribution < 1.29 is 23.5 Å². The van der Waals surface area contributed by atoms with Gasteiger partial charge in [-0.1, -0.05) is 36.4 Å². The molecule has 1 unspecified atom stereocenters. The van der Waals surface area contributed by atoms with E-state index in [0.29, 0.717) is 23.4 Å². The van der Waals surface area contributed by atoms with E-state index in [0.717, 1.165) is 22.4 Å². The van der Waals surface area contributed by atoms with Crippen LogP contribution in [0.1, 0.15) is 59.2 Å². The Kier molecular flexibility index (Phi) is 7.54. The number of nitrogens with zero attached hydrogens (tertiary/aromatic N) is 1. The largest absolute Gasteiger partial charge is 0.449 e. The number of aromatic nitrogens is 1. The molecule has 1 aliphatic carbocycles. The molecule has 0 radical (unpaired) electrons. The Morgan fingerprint density at radius 3 is 2.50 bits per heavy atom. The number of allylic oxidation sites excluding steroid dienone is 2. The zero-order chi connectivity index (χ0) is 28.4. The third-order valence-electron chi connectivity index (χ3n) is 7.26. The molecule has 1 amide bonds. The number of ketones is 1. The van der Waals surface area contributed by atoms with Crippen molar-refractivity contribution in [1.82, 2.24) is 15.2 Å². The van der Waals surface area contributed by atoms with Crippen molar-refractivity contribution in [1.29, 1.82) is 0 Å². The topological polar surface area (TPSA) is 89.4 Å². The molecule has 8 heteroatoms. The average molecular weight is 542 g/mol. The number of hydrogen-bond donors (Lipinski definition) is 2. The molecule has 40 heavy (non-hydrogen) atoms. The standard InChI is InChI=1S/C32H32FN3O4/c1-4-40-31(39)36-26-12-8-11-23(34-28(37)17-20-9-6-5-7-10-20)18-24(26)29-27(36)19-25(35-32(29,2)3)30(38)21-13-15-22(33)16-14-21/h5-11,13-16,18,25,35H,4,12,17,19H2,1-3H3,(H,34,37). The van der Waals surface area contributed by atoms with E-state index in [9.17, 15) is 18.8 Å². The highest BCUT2D eigenvalue weighted by Gasteiger charge is 2.42. The Morgan fingerprint density at radius 1 is 1.07 bits per heavy atom. The molecule has 2 heterocycles. The number of amides is 1. The van der Waals surface area contributed by atoms with Crippen molar-refractivity contribution in [3.63, 3.8) is 0 Å². The highest BCUT2D eigenvalue weighted by molar-refractivity contribution is 6.00. The fourth-order valence-electron chi connectivity index (χ4n) is 5.64. The molecule has 2 N–H and O–H groups in total. The predicted molar refractivity (Wildman–Crippen MR) is 150 cm³/mol. The summed E-state index contributed by atoms with van der Waals surface area (Å²) in [7, 11) is 0. The molecule has 206 valence electrons. The minimum atomic E-state index is -0.713. The van der Waals surface area contributed by atoms with Gasteiger partial charge in [0.05, 0.1) is 19.1 Å². The molecule has 2 aromatic carbocycles. The van der Waals surface area contributed by atoms with Crippen molar-refractivity contribution in [2.75, 3.05) is 6.61 Å². The molecule has 5 rings (SSSR count). The molecule has 1 atom stereocenters. The van der Waals surface area contributed by atoms with Gasteiger partial charge < -0.3 is 10.1 Å². The number of Topliss-reactive ketones (excluding diaryl/α,β-unsaturated/α-hetero) is 1. The van der Waals surface area contributed by atoms with Gasteiger partial charge in [0.25, 0.3) is 0 Å². The van der Waals surface area contributed by atoms with E-state index in [1.807, 2.05) is 62.4 Å². The third-order valence-corrected chi connectivity index (χ3v) is 7.26. The Morgan fingerprint density at radius 2 is 1.80 bits per heavy atom. The fraction of sp³-hybridized carbons (Fsp3) is 0.281. The average Bonchev–Trinajstić information content (AvgIpc) is 3.09. The molecule has 0 fully saturated rings. The second-order valence-corrected chi connectivity index (χ2v) is 10.5. The summed E-state index contributed by atoms with van der Waals surface area (Å²) in [5.41, 5.74) is 4.31. The monoisotopic (exact) mass is 541 g/mol. The first kappa shape index (κ1) is 27.3. The quantitative estimate of drug-likeness (QED) is 0.425. The maximum absolute atomic E-state index is 13.5. The van der Waals surface area contributed by atoms with Gasteiger partial charge >= 0.3 is 6.09 Å². The van der Waals surface area contributed by atoms with E-state index >= 15 is 0 Å². The molecule has 2 aliphatic rings. The minimum Gasteiger partial charge on any atom is -0.449 e. The van der Waals surface area contributed by atoms with Gasteiger partial charge in [-0.2, -0.15) is 0 Å². The summed E-state index contributed by atoms with van der Waals surface area (Å²) < 4.78 is 20.5. The maximum Gasteiger partial charge on any atom is 0.418 e. The second kappa shape index (κ2) is 11.1. The first-order valence-corrected chi connectivity index (χ1v) is 13.4. The number of hydrogen-bond acceptors (Lipinski definition) is 5. The van der Waals surface area contributed by atoms with Gasteiger partial charge in [0, 0.05) is 52.2 Å². The van der Waals surface area contributed by atoms with Crippen LogP contribution in [0.2, 0.25) is 0 Å². The van der Waals surface area contributed by atoms with Crippen LogP contribution in [-0.4, -0.2) is 35.0 Å². The molecule has 0 saturated carbocycles. The lowest BCUT2D eigenvalue weighted by Crippen LogP contribution is -2.53. The van der Waals surface area contributed by atoms with E-state index in [1.54, 1.807) is 11.5 Å². The van der Waals surface area contributed by atoms with Crippen LogP contribution in [0.15, 0.2) is 72.4 Å². The van der Waals surface area contributed by atoms with Gasteiger partial charge in [-0.25, -0.2) is 9.18 Å². The zero-order valence-corrected chi connectivity index (χ0v) is 22.8. The number of benzene rings is 2. The number of fused-ring (bicyclic) bond motifs is 3. The predicted octanol–water partition coefficient (Wildman–Crippen LogP) is 5.08. The number of carbonyl (C=O) groups is 3. The van der Waals surface area contributed by atoms with Gasteiger partial charge in [-0.15, -0.1) is 0 Å². The summed E-state index contributed by atoms with van der Waals surface area (Å²) in [6.45, 7) is 5.88. The van der Waals surface area contributed by atoms with Crippen LogP contribution in [0, 0.1) is 5.82 Å². The lowest BCUT2D eigenvalue weighted by molar-refractivity contribution is -0.119. The minimum absolute atomic E-state index is 0.147. The second-order valence-electron chi connectivity index (χ2n) is 10.5. The normalized spacial score (nSPS) is 17.2. The molecule has 0 bridgehead atoms. The lowest BCUT2D eigenvalue weighted by Gasteiger charge is -2.38. The van der Waals surface area contributed by atoms with Crippen molar-refractivity contribution in [3.05, 3.63) is 112 Å². The van der Waals surface area contributed by atoms with Gasteiger partial charge in [-0.05, 0) is 62.8 Å². The number of ether oxygens (including phenoxy) is 1. The summed E-state index contributed by atoms with van der Waals surface area (Å²) in [5, 5.41) is 6.46. The van der Waals surface area contributed by atoms with Crippen molar-refractivity contribution in [2.45, 2.75) is 51.6 Å². The highest BCUT2D eigenvalue weighted by Crippen LogP contribution is 2.40. The summed E-state index contributed by atoms with van der Waals surface area (Å²) >= 11 is 0. The number of halogens is 1. The van der Waals surface area contributed by atoms with Crippen molar-refractivity contribution in [2.24, 2.45) is 0 Å². The van der Waals surface area contributed by atoms with Crippen LogP contribution >= 0.6 is 0 Å². The van der Waals surface area contributed by atoms with Gasteiger partial charge in [0.2, 0.25) is 5.91 Å². The Hall–Kier alpha value is -4.30. The Labute approximate surface area is 232 Å². The molecule has 1 aliphatic heterocycles.